The number of Topliss-reactive ketones (excluding diaryl/α,β-unsaturated/α-hetero) is 3. The maximum atomic E-state index is 12.2. The van der Waals surface area contributed by atoms with Gasteiger partial charge >= 0.3 is 0 Å². The van der Waals surface area contributed by atoms with E-state index in [4.69, 9.17) is 11.6 Å². The molecule has 2 atom stereocenters. The minimum atomic E-state index is -0.319. The predicted octanol–water partition coefficient (Wildman–Crippen LogP) is 25.3. The molecule has 4 fully saturated rings. The van der Waals surface area contributed by atoms with Crippen LogP contribution in [0.2, 0.25) is 0 Å². The van der Waals surface area contributed by atoms with E-state index in [-0.39, 0.29) is 60.9 Å². The van der Waals surface area contributed by atoms with Crippen LogP contribution in [0.25, 0.3) is 22.3 Å². The summed E-state index contributed by atoms with van der Waals surface area (Å²) in [6.45, 7) is 55.4. The minimum absolute atomic E-state index is 0.125. The van der Waals surface area contributed by atoms with E-state index in [1.165, 1.54) is 206 Å². The Bertz CT molecular complexity index is 4860. The fraction of sp³-hybridized carbons (Fsp3) is 0.508. The molecule has 8 aliphatic carbocycles. The lowest BCUT2D eigenvalue weighted by molar-refractivity contribution is -0.127. The number of carbonyl (C=O) groups excluding carboxylic acids is 3. The van der Waals surface area contributed by atoms with Gasteiger partial charge in [0.2, 0.25) is 0 Å². The number of aliphatic hydroxyl groups is 2. The van der Waals surface area contributed by atoms with Gasteiger partial charge in [-0.25, -0.2) is 0 Å². The van der Waals surface area contributed by atoms with Gasteiger partial charge in [-0.15, -0.1) is 11.6 Å². The van der Waals surface area contributed by atoms with Gasteiger partial charge in [0.1, 0.15) is 0 Å². The van der Waals surface area contributed by atoms with E-state index in [1.807, 2.05) is 126 Å². The number of hydrogen-bond acceptors (Lipinski definition) is 9. The zero-order valence-corrected chi connectivity index (χ0v) is 83.8. The van der Waals surface area contributed by atoms with E-state index in [2.05, 4.69) is 250 Å². The van der Waals surface area contributed by atoms with Crippen molar-refractivity contribution in [3.05, 3.63) is 307 Å². The third-order valence-corrected chi connectivity index (χ3v) is 31.8. The first-order valence-corrected chi connectivity index (χ1v) is 50.3. The lowest BCUT2D eigenvalue weighted by atomic mass is 9.78. The second kappa shape index (κ2) is 41.7. The summed E-state index contributed by atoms with van der Waals surface area (Å²) in [7, 11) is 0. The molecule has 130 heavy (non-hydrogen) atoms. The number of likely N-dealkylation sites (tertiary alicyclic amines) is 4. The van der Waals surface area contributed by atoms with Gasteiger partial charge in [-0.05, 0) is 387 Å². The molecule has 0 aromatic heterocycles. The minimum Gasteiger partial charge on any atom is -0.392 e. The van der Waals surface area contributed by atoms with Crippen LogP contribution in [0.15, 0.2) is 218 Å². The Morgan fingerprint density at radius 3 is 0.723 bits per heavy atom. The molecular formula is C120H157ClN4O5. The number of alkyl halides is 1. The first-order valence-electron chi connectivity index (χ1n) is 49.8. The normalized spacial score (nSPS) is 21.9. The molecule has 0 radical (unpaired) electrons. The third kappa shape index (κ3) is 21.3. The van der Waals surface area contributed by atoms with Gasteiger partial charge in [0.15, 0.2) is 17.3 Å². The van der Waals surface area contributed by atoms with E-state index >= 15 is 0 Å². The van der Waals surface area contributed by atoms with E-state index in [1.54, 1.807) is 22.3 Å². The Kier molecular flexibility index (Phi) is 31.9. The van der Waals surface area contributed by atoms with Gasteiger partial charge in [0.25, 0.3) is 0 Å². The monoisotopic (exact) mass is 1770 g/mol. The molecule has 0 bridgehead atoms. The van der Waals surface area contributed by atoms with Crippen molar-refractivity contribution in [1.82, 2.24) is 19.6 Å². The fourth-order valence-corrected chi connectivity index (χ4v) is 24.7. The summed E-state index contributed by atoms with van der Waals surface area (Å²) < 4.78 is 0. The summed E-state index contributed by atoms with van der Waals surface area (Å²) in [6.07, 6.45) is 26.9. The molecule has 2 N–H and O–H groups in total. The van der Waals surface area contributed by atoms with Gasteiger partial charge in [0.05, 0.1) is 12.2 Å². The number of β-amino-alcohol motifs (C(OH)–C–C–N with tert-alkyl or cyclic N) is 1. The first-order chi connectivity index (χ1) is 61.8. The molecule has 10 heteroatoms. The molecule has 8 aromatic rings. The van der Waals surface area contributed by atoms with Gasteiger partial charge in [0, 0.05) is 61.8 Å². The number of fused-ring (bicyclic) bond motifs is 8. The van der Waals surface area contributed by atoms with Crippen LogP contribution < -0.4 is 0 Å². The molecule has 2 unspecified atom stereocenters. The number of halogens is 1. The van der Waals surface area contributed by atoms with Gasteiger partial charge in [-0.3, -0.25) is 14.4 Å². The Labute approximate surface area is 789 Å². The van der Waals surface area contributed by atoms with Gasteiger partial charge in [-0.2, -0.15) is 0 Å². The molecule has 20 rings (SSSR count). The number of piperidine rings is 4. The van der Waals surface area contributed by atoms with Crippen molar-refractivity contribution in [3.63, 3.8) is 0 Å². The zero-order chi connectivity index (χ0) is 93.5. The molecule has 694 valence electrons. The number of hydrogen-bond donors (Lipinski definition) is 2. The van der Waals surface area contributed by atoms with Crippen LogP contribution in [0.5, 0.6) is 0 Å². The van der Waals surface area contributed by atoms with Crippen LogP contribution in [0.1, 0.15) is 292 Å². The van der Waals surface area contributed by atoms with E-state index in [9.17, 15) is 24.6 Å². The number of allylic oxidation sites excluding steroid dienone is 8. The molecule has 4 heterocycles. The first kappa shape index (κ1) is 99.3. The smallest absolute Gasteiger partial charge is 0.152 e. The molecule has 0 amide bonds. The summed E-state index contributed by atoms with van der Waals surface area (Å²) >= 11 is 6.09. The molecule has 8 aromatic carbocycles. The van der Waals surface area contributed by atoms with E-state index < -0.39 is 0 Å². The SMILES string of the molecule is CC(Cl)CN1CCC(C2=CCc3ccccc32)CC1.CC(O)CN1CCC(C2=CCc3ccccc32)CC1.CC1(C)C(=O)C(C)(C)c2ccccc21.CC1(C)C(=O)C(C)(C)c2ccccc21.CC1(C)C(=O)C(C)(C)c2ccccc21.CC1(C)c2ccccc2C(C)(C)C1O.CCCN1CCC(C2=CCc3ccccc32)CC1.CCCN1CCC(C2=CCc3ccccc32)CC1. The highest BCUT2D eigenvalue weighted by Crippen LogP contribution is 2.52. The highest BCUT2D eigenvalue weighted by Gasteiger charge is 2.54. The number of ketones is 3. The highest BCUT2D eigenvalue weighted by molar-refractivity contribution is 6.20. The maximum Gasteiger partial charge on any atom is 0.152 e. The van der Waals surface area contributed by atoms with Crippen LogP contribution in [0, 0.1) is 23.7 Å². The lowest BCUT2D eigenvalue weighted by Crippen LogP contribution is -2.39. The molecule has 9 nitrogen and oxygen atoms in total. The predicted molar refractivity (Wildman–Crippen MR) is 548 cm³/mol. The van der Waals surface area contributed by atoms with Crippen molar-refractivity contribution < 1.29 is 24.6 Å². The third-order valence-electron chi connectivity index (χ3n) is 31.6. The zero-order valence-electron chi connectivity index (χ0n) is 83.0. The van der Waals surface area contributed by atoms with Gasteiger partial charge in [-0.1, -0.05) is 260 Å². The average molecular weight is 1770 g/mol. The van der Waals surface area contributed by atoms with Crippen molar-refractivity contribution in [2.24, 2.45) is 23.7 Å². The van der Waals surface area contributed by atoms with Crippen molar-refractivity contribution >= 4 is 51.2 Å². The average Bonchev–Trinajstić information content (AvgIpc) is 1.59. The van der Waals surface area contributed by atoms with Crippen LogP contribution in [0.4, 0.5) is 0 Å². The van der Waals surface area contributed by atoms with Crippen molar-refractivity contribution in [3.8, 4) is 0 Å². The van der Waals surface area contributed by atoms with E-state index in [0.717, 1.165) is 69.6 Å². The maximum absolute atomic E-state index is 12.2. The topological polar surface area (TPSA) is 105 Å². The Hall–Kier alpha value is -8.22. The highest BCUT2D eigenvalue weighted by atomic mass is 35.5. The Balaban J connectivity index is 0.000000127. The molecular weight excluding hydrogens is 1610 g/mol. The summed E-state index contributed by atoms with van der Waals surface area (Å²) in [5.74, 6) is 4.06. The van der Waals surface area contributed by atoms with E-state index in [0.29, 0.717) is 23.3 Å². The second-order valence-electron chi connectivity index (χ2n) is 43.9. The quantitative estimate of drug-likeness (QED) is 0.116. The number of nitrogens with zero attached hydrogens (tertiary/aromatic N) is 4. The van der Waals surface area contributed by atoms with Crippen molar-refractivity contribution in [2.45, 2.75) is 289 Å². The number of aliphatic hydroxyl groups excluding tert-OH is 2. The molecule has 4 saturated heterocycles. The molecule has 0 saturated carbocycles. The summed E-state index contributed by atoms with van der Waals surface area (Å²) in [5.41, 5.74) is 26.1. The largest absolute Gasteiger partial charge is 0.392 e. The molecule has 4 aliphatic heterocycles. The number of carbonyl (C=O) groups is 3. The van der Waals surface area contributed by atoms with Gasteiger partial charge < -0.3 is 29.8 Å². The summed E-state index contributed by atoms with van der Waals surface area (Å²) in [4.78, 5) is 46.8. The second-order valence-corrected chi connectivity index (χ2v) is 44.6. The van der Waals surface area contributed by atoms with Crippen LogP contribution >= 0.6 is 11.6 Å². The standard InChI is InChI=1S/C17H22ClN.C17H23NO.2C17H23N.C13H18O.3C13H16O/c1-13(18)12-19-10-8-15(9-11-19)17-7-6-14-4-2-3-5-16(14)17;1-13(19)12-18-10-8-15(9-11-18)17-7-6-14-4-2-3-5-16(14)17;2*1-2-11-18-12-9-15(10-13-18)17-8-7-14-5-3-4-6-16(14)17;4*1-12(2)9-7-5-6-8-10(9)13(3,4)11(12)14/h2-5,7,13,15H,6,8-12H2,1H3;2-5,7,13,15,19H,6,8-12H2,1H3;2*3-6,8,15H,2,7,9-13H2,1H3;5-8,11,14H,1-4H3;3*5-8H,1-4H3. The van der Waals surface area contributed by atoms with Crippen LogP contribution in [-0.4, -0.2) is 143 Å². The van der Waals surface area contributed by atoms with Crippen molar-refractivity contribution in [2.75, 3.05) is 78.5 Å². The van der Waals surface area contributed by atoms with Crippen LogP contribution in [-0.2, 0) is 83.4 Å². The molecule has 12 aliphatic rings. The van der Waals surface area contributed by atoms with Crippen molar-refractivity contribution in [1.29, 1.82) is 0 Å². The number of benzene rings is 8. The summed E-state index contributed by atoms with van der Waals surface area (Å²) in [6, 6.07) is 68.4. The molecule has 0 spiro atoms. The number of rotatable bonds is 12. The summed E-state index contributed by atoms with van der Waals surface area (Å²) in [5, 5.41) is 20.0. The van der Waals surface area contributed by atoms with Crippen LogP contribution in [0.3, 0.4) is 0 Å². The Morgan fingerprint density at radius 2 is 0.508 bits per heavy atom. The fourth-order valence-electron chi connectivity index (χ4n) is 24.5. The lowest BCUT2D eigenvalue weighted by Gasteiger charge is -2.33. The Morgan fingerprint density at radius 1 is 0.308 bits per heavy atom.